The highest BCUT2D eigenvalue weighted by molar-refractivity contribution is 14.0. The minimum Gasteiger partial charge on any atom is -0.361 e. The van der Waals surface area contributed by atoms with Crippen molar-refractivity contribution in [3.05, 3.63) is 46.8 Å². The number of guanidine groups is 1. The molecule has 0 radical (unpaired) electrons. The highest BCUT2D eigenvalue weighted by Gasteiger charge is 2.16. The Bertz CT molecular complexity index is 828. The lowest BCUT2D eigenvalue weighted by Crippen LogP contribution is -2.47. The van der Waals surface area contributed by atoms with Gasteiger partial charge in [-0.15, -0.1) is 24.0 Å². The fourth-order valence-electron chi connectivity index (χ4n) is 3.40. The monoisotopic (exact) mass is 526 g/mol. The quantitative estimate of drug-likeness (QED) is 0.291. The average Bonchev–Trinajstić information content (AvgIpc) is 3.16. The second-order valence-corrected chi connectivity index (χ2v) is 6.96. The first-order chi connectivity index (χ1) is 14.1. The number of carbonyl (C=O) groups is 1. The van der Waals surface area contributed by atoms with E-state index in [4.69, 9.17) is 4.52 Å². The van der Waals surface area contributed by atoms with Crippen LogP contribution >= 0.6 is 24.0 Å². The summed E-state index contributed by atoms with van der Waals surface area (Å²) in [4.78, 5) is 18.0. The number of aromatic nitrogens is 1. The zero-order valence-electron chi connectivity index (χ0n) is 17.8. The van der Waals surface area contributed by atoms with Gasteiger partial charge in [-0.1, -0.05) is 31.1 Å². The van der Waals surface area contributed by atoms with Gasteiger partial charge in [-0.25, -0.2) is 0 Å². The highest BCUT2D eigenvalue weighted by Crippen LogP contribution is 2.17. The van der Waals surface area contributed by atoms with Gasteiger partial charge in [0.1, 0.15) is 5.76 Å². The third-order valence-corrected chi connectivity index (χ3v) is 5.06. The van der Waals surface area contributed by atoms with Crippen molar-refractivity contribution in [2.45, 2.75) is 39.8 Å². The molecule has 8 nitrogen and oxygen atoms in total. The summed E-state index contributed by atoms with van der Waals surface area (Å²) in [6.45, 7) is 7.37. The number of nitrogens with one attached hydrogen (secondary N) is 3. The van der Waals surface area contributed by atoms with Crippen LogP contribution in [0.5, 0.6) is 0 Å². The maximum absolute atomic E-state index is 11.6. The predicted octanol–water partition coefficient (Wildman–Crippen LogP) is 2.22. The number of benzene rings is 1. The molecule has 1 fully saturated rings. The summed E-state index contributed by atoms with van der Waals surface area (Å²) >= 11 is 0. The van der Waals surface area contributed by atoms with Crippen LogP contribution < -0.4 is 20.9 Å². The van der Waals surface area contributed by atoms with E-state index in [1.54, 1.807) is 7.05 Å². The fourth-order valence-corrected chi connectivity index (χ4v) is 3.40. The zero-order valence-corrected chi connectivity index (χ0v) is 20.2. The van der Waals surface area contributed by atoms with E-state index in [1.165, 1.54) is 0 Å². The standard InChI is InChI=1S/C21H30N6O2.HI/c1-4-18-17(19(5-2)29-26-18)13-25-21(22-3)24-12-15-6-8-16(9-7-15)27-11-10-23-20(28)14-27;/h6-9H,4-5,10-14H2,1-3H3,(H,23,28)(H2,22,24,25);1H. The van der Waals surface area contributed by atoms with Gasteiger partial charge in [0.25, 0.3) is 0 Å². The molecule has 3 N–H and O–H groups in total. The number of aryl methyl sites for hydroxylation is 2. The molecular weight excluding hydrogens is 495 g/mol. The molecule has 0 unspecified atom stereocenters. The van der Waals surface area contributed by atoms with Gasteiger partial charge in [-0.3, -0.25) is 9.79 Å². The van der Waals surface area contributed by atoms with E-state index in [9.17, 15) is 4.79 Å². The minimum atomic E-state index is 0. The molecular formula is C21H31IN6O2. The average molecular weight is 526 g/mol. The molecule has 0 spiro atoms. The largest absolute Gasteiger partial charge is 0.361 e. The molecule has 2 heterocycles. The predicted molar refractivity (Wildman–Crippen MR) is 129 cm³/mol. The first-order valence-corrected chi connectivity index (χ1v) is 10.2. The molecule has 164 valence electrons. The lowest BCUT2D eigenvalue weighted by molar-refractivity contribution is -0.120. The summed E-state index contributed by atoms with van der Waals surface area (Å²) in [5.41, 5.74) is 4.32. The smallest absolute Gasteiger partial charge is 0.239 e. The van der Waals surface area contributed by atoms with Crippen molar-refractivity contribution < 1.29 is 9.32 Å². The molecule has 1 aromatic carbocycles. The Hall–Kier alpha value is -2.30. The Morgan fingerprint density at radius 1 is 1.20 bits per heavy atom. The van der Waals surface area contributed by atoms with Crippen LogP contribution in [0.2, 0.25) is 0 Å². The van der Waals surface area contributed by atoms with Crippen LogP contribution in [-0.2, 0) is 30.7 Å². The van der Waals surface area contributed by atoms with Crippen LogP contribution in [0.4, 0.5) is 5.69 Å². The van der Waals surface area contributed by atoms with Gasteiger partial charge in [0.05, 0.1) is 12.2 Å². The zero-order chi connectivity index (χ0) is 20.6. The topological polar surface area (TPSA) is 94.8 Å². The normalized spacial score (nSPS) is 14.2. The summed E-state index contributed by atoms with van der Waals surface area (Å²) in [5.74, 6) is 1.72. The van der Waals surface area contributed by atoms with Crippen molar-refractivity contribution in [2.75, 3.05) is 31.6 Å². The van der Waals surface area contributed by atoms with E-state index >= 15 is 0 Å². The number of carbonyl (C=O) groups excluding carboxylic acids is 1. The molecule has 0 atom stereocenters. The van der Waals surface area contributed by atoms with Crippen LogP contribution in [0, 0.1) is 0 Å². The number of halogens is 1. The number of anilines is 1. The SMILES string of the molecule is CCc1noc(CC)c1CNC(=NC)NCc1ccc(N2CCNC(=O)C2)cc1.I. The van der Waals surface area contributed by atoms with Gasteiger partial charge in [-0.2, -0.15) is 0 Å². The molecule has 1 amide bonds. The third kappa shape index (κ3) is 6.10. The summed E-state index contributed by atoms with van der Waals surface area (Å²) in [6, 6.07) is 8.27. The van der Waals surface area contributed by atoms with Gasteiger partial charge >= 0.3 is 0 Å². The molecule has 0 saturated carbocycles. The van der Waals surface area contributed by atoms with Gasteiger partial charge in [0, 0.05) is 50.9 Å². The molecule has 1 aliphatic heterocycles. The number of hydrogen-bond donors (Lipinski definition) is 3. The molecule has 0 bridgehead atoms. The van der Waals surface area contributed by atoms with E-state index in [0.717, 1.165) is 53.6 Å². The van der Waals surface area contributed by atoms with Crippen molar-refractivity contribution in [1.29, 1.82) is 0 Å². The fraction of sp³-hybridized carbons (Fsp3) is 0.476. The second kappa shape index (κ2) is 11.8. The Balaban J connectivity index is 0.00000320. The minimum absolute atomic E-state index is 0. The van der Waals surface area contributed by atoms with E-state index in [1.807, 2.05) is 0 Å². The molecule has 30 heavy (non-hydrogen) atoms. The van der Waals surface area contributed by atoms with Gasteiger partial charge < -0.3 is 25.4 Å². The Morgan fingerprint density at radius 3 is 2.57 bits per heavy atom. The van der Waals surface area contributed by atoms with E-state index in [0.29, 0.717) is 26.2 Å². The van der Waals surface area contributed by atoms with Crippen molar-refractivity contribution in [3.8, 4) is 0 Å². The maximum atomic E-state index is 11.6. The lowest BCUT2D eigenvalue weighted by atomic mass is 10.1. The van der Waals surface area contributed by atoms with Crippen molar-refractivity contribution >= 4 is 41.5 Å². The summed E-state index contributed by atoms with van der Waals surface area (Å²) in [7, 11) is 1.76. The van der Waals surface area contributed by atoms with Crippen LogP contribution in [0.1, 0.15) is 36.4 Å². The van der Waals surface area contributed by atoms with E-state index in [-0.39, 0.29) is 29.9 Å². The van der Waals surface area contributed by atoms with Crippen LogP contribution in [-0.4, -0.2) is 43.7 Å². The number of amides is 1. The van der Waals surface area contributed by atoms with Gasteiger partial charge in [-0.05, 0) is 24.1 Å². The number of nitrogens with zero attached hydrogens (tertiary/aromatic N) is 3. The number of piperazine rings is 1. The van der Waals surface area contributed by atoms with Crippen molar-refractivity contribution in [1.82, 2.24) is 21.1 Å². The Kier molecular flexibility index (Phi) is 9.41. The number of aliphatic imine (C=N–C) groups is 1. The van der Waals surface area contributed by atoms with Crippen LogP contribution in [0.3, 0.4) is 0 Å². The summed E-state index contributed by atoms with van der Waals surface area (Å²) in [6.07, 6.45) is 1.67. The summed E-state index contributed by atoms with van der Waals surface area (Å²) < 4.78 is 5.42. The molecule has 1 aliphatic rings. The molecule has 0 aliphatic carbocycles. The first-order valence-electron chi connectivity index (χ1n) is 10.2. The molecule has 1 aromatic heterocycles. The Labute approximate surface area is 194 Å². The highest BCUT2D eigenvalue weighted by atomic mass is 127. The molecule has 9 heteroatoms. The van der Waals surface area contributed by atoms with Gasteiger partial charge in [0.2, 0.25) is 5.91 Å². The van der Waals surface area contributed by atoms with Gasteiger partial charge in [0.15, 0.2) is 5.96 Å². The Morgan fingerprint density at radius 2 is 1.93 bits per heavy atom. The molecule has 2 aromatic rings. The summed E-state index contributed by atoms with van der Waals surface area (Å²) in [5, 5.41) is 13.7. The molecule has 3 rings (SSSR count). The lowest BCUT2D eigenvalue weighted by Gasteiger charge is -2.28. The number of hydrogen-bond acceptors (Lipinski definition) is 5. The number of rotatable bonds is 7. The van der Waals surface area contributed by atoms with Crippen LogP contribution in [0.15, 0.2) is 33.8 Å². The maximum Gasteiger partial charge on any atom is 0.239 e. The van der Waals surface area contributed by atoms with Crippen LogP contribution in [0.25, 0.3) is 0 Å². The van der Waals surface area contributed by atoms with Crippen molar-refractivity contribution in [2.24, 2.45) is 4.99 Å². The second-order valence-electron chi connectivity index (χ2n) is 6.96. The molecule has 1 saturated heterocycles. The third-order valence-electron chi connectivity index (χ3n) is 5.06. The van der Waals surface area contributed by atoms with Crippen molar-refractivity contribution in [3.63, 3.8) is 0 Å². The van der Waals surface area contributed by atoms with E-state index < -0.39 is 0 Å². The first kappa shape index (κ1) is 24.0. The van der Waals surface area contributed by atoms with E-state index in [2.05, 4.69) is 69.1 Å².